The minimum absolute atomic E-state index is 0.0251. The summed E-state index contributed by atoms with van der Waals surface area (Å²) in [7, 11) is 1.52. The smallest absolute Gasteiger partial charge is 0.318 e. The number of urea groups is 1. The van der Waals surface area contributed by atoms with Gasteiger partial charge in [-0.3, -0.25) is 25.2 Å². The third-order valence-electron chi connectivity index (χ3n) is 3.88. The lowest BCUT2D eigenvalue weighted by Crippen LogP contribution is -2.58. The number of rotatable bonds is 8. The fourth-order valence-corrected chi connectivity index (χ4v) is 2.42. The normalized spacial score (nSPS) is 18.2. The molecule has 1 rings (SSSR count). The molecular weight excluding hydrogens is 354 g/mol. The Balaban J connectivity index is 2.43. The van der Waals surface area contributed by atoms with E-state index in [2.05, 4.69) is 25.9 Å². The number of guanidine groups is 2. The van der Waals surface area contributed by atoms with Crippen molar-refractivity contribution in [2.75, 3.05) is 26.7 Å². The number of nitrogens with two attached hydrogens (primary N) is 3. The largest absolute Gasteiger partial charge is 0.370 e. The van der Waals surface area contributed by atoms with E-state index in [9.17, 15) is 14.4 Å². The number of primary amides is 1. The number of hydrogen-bond acceptors (Lipinski definition) is 6. The summed E-state index contributed by atoms with van der Waals surface area (Å²) in [5, 5.41) is 7.47. The first kappa shape index (κ1) is 22.2. The highest BCUT2D eigenvalue weighted by Crippen LogP contribution is 2.08. The van der Waals surface area contributed by atoms with Gasteiger partial charge in [-0.1, -0.05) is 0 Å². The van der Waals surface area contributed by atoms with Crippen LogP contribution in [0.2, 0.25) is 0 Å². The molecule has 0 fully saturated rings. The fourth-order valence-electron chi connectivity index (χ4n) is 2.42. The molecule has 27 heavy (non-hydrogen) atoms. The predicted molar refractivity (Wildman–Crippen MR) is 102 cm³/mol. The van der Waals surface area contributed by atoms with Crippen LogP contribution in [0.5, 0.6) is 0 Å². The summed E-state index contributed by atoms with van der Waals surface area (Å²) in [5.74, 6) is -0.360. The number of carbonyl (C=O) groups is 3. The number of nitrogens with zero attached hydrogens (tertiary/aromatic N) is 3. The molecule has 1 heterocycles. The average Bonchev–Trinajstić information content (AvgIpc) is 2.58. The Bertz CT molecular complexity index is 605. The standard InChI is InChI=1S/C15H29N9O3/c1-3-19-13(17)20-6-4-5-9(16)7-11(25)24(2)10-8-21-15(22-12(10)26)23-14(18)27/h9-10H,3-8,16H2,1-2H3,(H3,17,19,20)(H4,18,21,22,23,26,27)/t9-,10?/m0/s1. The molecule has 0 aromatic heterocycles. The van der Waals surface area contributed by atoms with Crippen LogP contribution in [0.1, 0.15) is 26.2 Å². The summed E-state index contributed by atoms with van der Waals surface area (Å²) < 4.78 is 0. The molecule has 0 saturated carbocycles. The van der Waals surface area contributed by atoms with Crippen LogP contribution in [0, 0.1) is 0 Å². The maximum atomic E-state index is 12.4. The summed E-state index contributed by atoms with van der Waals surface area (Å²) in [6.45, 7) is 3.17. The van der Waals surface area contributed by atoms with Gasteiger partial charge in [-0.2, -0.15) is 0 Å². The minimum atomic E-state index is -0.834. The van der Waals surface area contributed by atoms with Gasteiger partial charge in [0, 0.05) is 32.6 Å². The van der Waals surface area contributed by atoms with Crippen LogP contribution >= 0.6 is 0 Å². The first-order valence-electron chi connectivity index (χ1n) is 8.71. The molecule has 152 valence electrons. The maximum absolute atomic E-state index is 12.4. The number of hydrogen-bond donors (Lipinski definition) is 6. The molecule has 0 bridgehead atoms. The summed E-state index contributed by atoms with van der Waals surface area (Å²) >= 11 is 0. The molecule has 12 heteroatoms. The van der Waals surface area contributed by atoms with Gasteiger partial charge in [-0.15, -0.1) is 0 Å². The van der Waals surface area contributed by atoms with Crippen molar-refractivity contribution in [3.8, 4) is 0 Å². The predicted octanol–water partition coefficient (Wildman–Crippen LogP) is -2.61. The van der Waals surface area contributed by atoms with Crippen molar-refractivity contribution in [3.63, 3.8) is 0 Å². The fraction of sp³-hybridized carbons (Fsp3) is 0.667. The summed E-state index contributed by atoms with van der Waals surface area (Å²) in [6, 6.07) is -1.95. The lowest BCUT2D eigenvalue weighted by molar-refractivity contribution is -0.138. The van der Waals surface area contributed by atoms with E-state index >= 15 is 0 Å². The number of aliphatic imine (C=N–C) groups is 2. The second-order valence-corrected chi connectivity index (χ2v) is 6.09. The molecule has 1 aliphatic heterocycles. The van der Waals surface area contributed by atoms with Crippen LogP contribution in [-0.2, 0) is 9.59 Å². The van der Waals surface area contributed by atoms with Crippen LogP contribution in [0.3, 0.4) is 0 Å². The molecule has 0 spiro atoms. The number of carbonyl (C=O) groups excluding carboxylic acids is 3. The van der Waals surface area contributed by atoms with Crippen molar-refractivity contribution < 1.29 is 14.4 Å². The molecule has 0 radical (unpaired) electrons. The van der Waals surface area contributed by atoms with E-state index in [0.29, 0.717) is 31.9 Å². The van der Waals surface area contributed by atoms with E-state index in [4.69, 9.17) is 17.2 Å². The summed E-state index contributed by atoms with van der Waals surface area (Å²) in [5.41, 5.74) is 16.6. The highest BCUT2D eigenvalue weighted by molar-refractivity contribution is 6.07. The Hall–Kier alpha value is -2.89. The van der Waals surface area contributed by atoms with Gasteiger partial charge < -0.3 is 27.4 Å². The van der Waals surface area contributed by atoms with E-state index in [0.717, 1.165) is 0 Å². The molecule has 4 amide bonds. The average molecular weight is 383 g/mol. The van der Waals surface area contributed by atoms with E-state index in [-0.39, 0.29) is 30.9 Å². The lowest BCUT2D eigenvalue weighted by Gasteiger charge is -2.30. The zero-order chi connectivity index (χ0) is 20.4. The monoisotopic (exact) mass is 383 g/mol. The second kappa shape index (κ2) is 11.0. The van der Waals surface area contributed by atoms with Gasteiger partial charge in [0.05, 0.1) is 6.54 Å². The van der Waals surface area contributed by atoms with Crippen molar-refractivity contribution in [1.82, 2.24) is 20.9 Å². The quantitative estimate of drug-likeness (QED) is 0.151. The molecule has 12 nitrogen and oxygen atoms in total. The van der Waals surface area contributed by atoms with Crippen molar-refractivity contribution in [1.29, 1.82) is 0 Å². The van der Waals surface area contributed by atoms with Gasteiger partial charge in [0.1, 0.15) is 6.04 Å². The highest BCUT2D eigenvalue weighted by atomic mass is 16.2. The van der Waals surface area contributed by atoms with E-state index in [1.807, 2.05) is 6.92 Å². The zero-order valence-corrected chi connectivity index (χ0v) is 15.7. The molecule has 1 aliphatic rings. The van der Waals surface area contributed by atoms with Gasteiger partial charge in [0.2, 0.25) is 11.9 Å². The molecular formula is C15H29N9O3. The molecule has 2 atom stereocenters. The van der Waals surface area contributed by atoms with Gasteiger partial charge >= 0.3 is 6.03 Å². The number of likely N-dealkylation sites (N-methyl/N-ethyl adjacent to an activating group) is 1. The van der Waals surface area contributed by atoms with Gasteiger partial charge in [-0.25, -0.2) is 9.79 Å². The van der Waals surface area contributed by atoms with Crippen LogP contribution in [-0.4, -0.2) is 73.4 Å². The van der Waals surface area contributed by atoms with Crippen LogP contribution in [0.4, 0.5) is 4.79 Å². The molecule has 0 saturated heterocycles. The van der Waals surface area contributed by atoms with Gasteiger partial charge in [0.15, 0.2) is 5.96 Å². The topological polar surface area (TPSA) is 193 Å². The summed E-state index contributed by atoms with van der Waals surface area (Å²) in [4.78, 5) is 44.7. The van der Waals surface area contributed by atoms with Crippen LogP contribution < -0.4 is 33.2 Å². The van der Waals surface area contributed by atoms with Crippen molar-refractivity contribution in [2.45, 2.75) is 38.3 Å². The molecule has 0 aromatic rings. The van der Waals surface area contributed by atoms with Crippen molar-refractivity contribution >= 4 is 29.8 Å². The third kappa shape index (κ3) is 7.90. The number of nitrogens with one attached hydrogen (secondary N) is 3. The first-order valence-corrected chi connectivity index (χ1v) is 8.71. The minimum Gasteiger partial charge on any atom is -0.370 e. The lowest BCUT2D eigenvalue weighted by atomic mass is 10.1. The van der Waals surface area contributed by atoms with Crippen LogP contribution in [0.25, 0.3) is 0 Å². The van der Waals surface area contributed by atoms with Crippen molar-refractivity contribution in [3.05, 3.63) is 0 Å². The Morgan fingerprint density at radius 2 is 2.15 bits per heavy atom. The Labute approximate surface area is 158 Å². The second-order valence-electron chi connectivity index (χ2n) is 6.09. The van der Waals surface area contributed by atoms with Crippen molar-refractivity contribution in [2.24, 2.45) is 27.2 Å². The Morgan fingerprint density at radius 3 is 2.74 bits per heavy atom. The van der Waals surface area contributed by atoms with E-state index in [1.165, 1.54) is 11.9 Å². The highest BCUT2D eigenvalue weighted by Gasteiger charge is 2.31. The SMILES string of the molecule is CCNC(N)=NCCC[C@H](N)CC(=O)N(C)C1CN=C(NC(N)=O)NC1=O. The maximum Gasteiger partial charge on any atom is 0.318 e. The molecule has 1 unspecified atom stereocenters. The van der Waals surface area contributed by atoms with Crippen LogP contribution in [0.15, 0.2) is 9.98 Å². The third-order valence-corrected chi connectivity index (χ3v) is 3.88. The Morgan fingerprint density at radius 1 is 1.44 bits per heavy atom. The summed E-state index contributed by atoms with van der Waals surface area (Å²) in [6.07, 6.45) is 1.40. The first-order chi connectivity index (χ1) is 12.7. The molecule has 0 aromatic carbocycles. The molecule has 0 aliphatic carbocycles. The molecule has 9 N–H and O–H groups in total. The van der Waals surface area contributed by atoms with Gasteiger partial charge in [0.25, 0.3) is 5.91 Å². The number of amides is 4. The van der Waals surface area contributed by atoms with Gasteiger partial charge in [-0.05, 0) is 19.8 Å². The zero-order valence-electron chi connectivity index (χ0n) is 15.7. The Kier molecular flexibility index (Phi) is 8.99. The van der Waals surface area contributed by atoms with E-state index < -0.39 is 18.0 Å². The van der Waals surface area contributed by atoms with E-state index in [1.54, 1.807) is 0 Å².